The molecular weight excluding hydrogens is 417 g/mol. The molecule has 1 fully saturated rings. The molecule has 6 heteroatoms. The second-order valence-corrected chi connectivity index (χ2v) is 8.80. The Kier molecular flexibility index (Phi) is 8.13. The number of rotatable bonds is 10. The normalized spacial score (nSPS) is 15.2. The van der Waals surface area contributed by atoms with Crippen molar-refractivity contribution < 1.29 is 13.9 Å². The average molecular weight is 452 g/mol. The summed E-state index contributed by atoms with van der Waals surface area (Å²) < 4.78 is 21.0. The topological polar surface area (TPSA) is 46.5 Å². The Bertz CT molecular complexity index is 1040. The Morgan fingerprint density at radius 2 is 1.85 bits per heavy atom. The minimum Gasteiger partial charge on any atom is -0.382 e. The minimum atomic E-state index is -0.211. The van der Waals surface area contributed by atoms with Crippen molar-refractivity contribution >= 4 is 16.8 Å². The quantitative estimate of drug-likeness (QED) is 0.459. The molecule has 5 nitrogen and oxygen atoms in total. The van der Waals surface area contributed by atoms with Crippen LogP contribution in [0.4, 0.5) is 4.39 Å². The van der Waals surface area contributed by atoms with Crippen LogP contribution in [0.15, 0.2) is 54.6 Å². The smallest absolute Gasteiger partial charge is 0.223 e. The van der Waals surface area contributed by atoms with Crippen molar-refractivity contribution in [3.63, 3.8) is 0 Å². The van der Waals surface area contributed by atoms with Crippen LogP contribution < -0.4 is 5.32 Å². The number of nitrogens with one attached hydrogen (secondary N) is 1. The summed E-state index contributed by atoms with van der Waals surface area (Å²) in [4.78, 5) is 14.9. The number of aromatic nitrogens is 1. The molecule has 1 amide bonds. The van der Waals surface area contributed by atoms with E-state index in [0.29, 0.717) is 19.7 Å². The van der Waals surface area contributed by atoms with Gasteiger partial charge in [-0.25, -0.2) is 4.39 Å². The van der Waals surface area contributed by atoms with E-state index in [4.69, 9.17) is 4.74 Å². The number of hydrogen-bond acceptors (Lipinski definition) is 3. The van der Waals surface area contributed by atoms with Gasteiger partial charge in [0.25, 0.3) is 0 Å². The first-order chi connectivity index (χ1) is 16.1. The first-order valence-corrected chi connectivity index (χ1v) is 12.0. The molecule has 0 atom stereocenters. The molecular formula is C27H34FN3O2. The molecule has 176 valence electrons. The van der Waals surface area contributed by atoms with Crippen LogP contribution in [0.2, 0.25) is 0 Å². The highest BCUT2D eigenvalue weighted by Crippen LogP contribution is 2.25. The van der Waals surface area contributed by atoms with Gasteiger partial charge in [0.2, 0.25) is 5.91 Å². The maximum atomic E-state index is 13.4. The number of halogens is 1. The minimum absolute atomic E-state index is 0.0958. The number of benzene rings is 2. The standard InChI is InChI=1S/C27H34FN3O2/c1-2-33-17-5-14-29-27(32)22-12-15-30(16-13-22)20-25-18-23-6-3-4-7-26(23)31(25)19-21-8-10-24(28)11-9-21/h3-4,6-11,18,22H,2,5,12-17,19-20H2,1H3,(H,29,32). The zero-order chi connectivity index (χ0) is 23.0. The SMILES string of the molecule is CCOCCCNC(=O)C1CCN(Cc2cc3ccccc3n2Cc2ccc(F)cc2)CC1. The highest BCUT2D eigenvalue weighted by atomic mass is 19.1. The summed E-state index contributed by atoms with van der Waals surface area (Å²) in [5, 5.41) is 4.28. The number of amides is 1. The van der Waals surface area contributed by atoms with Gasteiger partial charge < -0.3 is 14.6 Å². The monoisotopic (exact) mass is 451 g/mol. The van der Waals surface area contributed by atoms with Crippen LogP contribution in [0.25, 0.3) is 10.9 Å². The van der Waals surface area contributed by atoms with Gasteiger partial charge >= 0.3 is 0 Å². The highest BCUT2D eigenvalue weighted by Gasteiger charge is 2.25. The third-order valence-electron chi connectivity index (χ3n) is 6.46. The first kappa shape index (κ1) is 23.5. The van der Waals surface area contributed by atoms with Crippen molar-refractivity contribution in [1.82, 2.24) is 14.8 Å². The molecule has 2 heterocycles. The lowest BCUT2D eigenvalue weighted by Gasteiger charge is -2.31. The lowest BCUT2D eigenvalue weighted by Crippen LogP contribution is -2.40. The molecule has 33 heavy (non-hydrogen) atoms. The fourth-order valence-corrected chi connectivity index (χ4v) is 4.61. The second-order valence-electron chi connectivity index (χ2n) is 8.80. The molecule has 4 rings (SSSR count). The fraction of sp³-hybridized carbons (Fsp3) is 0.444. The Labute approximate surface area is 195 Å². The van der Waals surface area contributed by atoms with Gasteiger partial charge in [0.1, 0.15) is 5.82 Å². The molecule has 1 saturated heterocycles. The molecule has 1 aliphatic rings. The van der Waals surface area contributed by atoms with E-state index in [-0.39, 0.29) is 17.6 Å². The maximum absolute atomic E-state index is 13.4. The van der Waals surface area contributed by atoms with Gasteiger partial charge in [-0.3, -0.25) is 9.69 Å². The van der Waals surface area contributed by atoms with Crippen molar-refractivity contribution in [2.45, 2.75) is 39.3 Å². The van der Waals surface area contributed by atoms with Gasteiger partial charge in [-0.2, -0.15) is 0 Å². The average Bonchev–Trinajstić information content (AvgIpc) is 3.17. The maximum Gasteiger partial charge on any atom is 0.223 e. The number of fused-ring (bicyclic) bond motifs is 1. The Hall–Kier alpha value is -2.70. The number of nitrogens with zero attached hydrogens (tertiary/aromatic N) is 2. The summed E-state index contributed by atoms with van der Waals surface area (Å²) in [7, 11) is 0. The molecule has 1 aliphatic heterocycles. The van der Waals surface area contributed by atoms with Gasteiger partial charge in [0, 0.05) is 50.0 Å². The third-order valence-corrected chi connectivity index (χ3v) is 6.46. The summed E-state index contributed by atoms with van der Waals surface area (Å²) in [5.74, 6) is 0.0625. The van der Waals surface area contributed by atoms with E-state index >= 15 is 0 Å². The summed E-state index contributed by atoms with van der Waals surface area (Å²) >= 11 is 0. The number of carbonyl (C=O) groups excluding carboxylic acids is 1. The molecule has 0 bridgehead atoms. The zero-order valence-electron chi connectivity index (χ0n) is 19.4. The van der Waals surface area contributed by atoms with Crippen molar-refractivity contribution in [3.05, 3.63) is 71.7 Å². The Balaban J connectivity index is 1.36. The molecule has 0 unspecified atom stereocenters. The largest absolute Gasteiger partial charge is 0.382 e. The molecule has 0 radical (unpaired) electrons. The predicted molar refractivity (Wildman–Crippen MR) is 130 cm³/mol. The van der Waals surface area contributed by atoms with E-state index < -0.39 is 0 Å². The van der Waals surface area contributed by atoms with E-state index in [1.807, 2.05) is 19.1 Å². The van der Waals surface area contributed by atoms with Crippen LogP contribution in [-0.4, -0.2) is 48.2 Å². The van der Waals surface area contributed by atoms with E-state index in [2.05, 4.69) is 45.1 Å². The van der Waals surface area contributed by atoms with Crippen LogP contribution in [-0.2, 0) is 22.6 Å². The molecule has 1 N–H and O–H groups in total. The molecule has 0 spiro atoms. The van der Waals surface area contributed by atoms with E-state index in [1.54, 1.807) is 0 Å². The van der Waals surface area contributed by atoms with Crippen molar-refractivity contribution in [2.24, 2.45) is 5.92 Å². The number of ether oxygens (including phenoxy) is 1. The van der Waals surface area contributed by atoms with Crippen molar-refractivity contribution in [2.75, 3.05) is 32.8 Å². The van der Waals surface area contributed by atoms with E-state index in [0.717, 1.165) is 51.1 Å². The lowest BCUT2D eigenvalue weighted by molar-refractivity contribution is -0.126. The molecule has 1 aromatic heterocycles. The van der Waals surface area contributed by atoms with Crippen LogP contribution >= 0.6 is 0 Å². The van der Waals surface area contributed by atoms with Gasteiger partial charge in [0.15, 0.2) is 0 Å². The van der Waals surface area contributed by atoms with Gasteiger partial charge in [-0.05, 0) is 74.5 Å². The third kappa shape index (κ3) is 6.21. The Morgan fingerprint density at radius 3 is 2.61 bits per heavy atom. The van der Waals surface area contributed by atoms with E-state index in [1.165, 1.54) is 28.7 Å². The number of hydrogen-bond donors (Lipinski definition) is 1. The van der Waals surface area contributed by atoms with Crippen LogP contribution in [0.1, 0.15) is 37.4 Å². The zero-order valence-corrected chi connectivity index (χ0v) is 19.4. The second kappa shape index (κ2) is 11.4. The first-order valence-electron chi connectivity index (χ1n) is 12.0. The van der Waals surface area contributed by atoms with E-state index in [9.17, 15) is 9.18 Å². The van der Waals surface area contributed by atoms with Gasteiger partial charge in [-0.1, -0.05) is 30.3 Å². The summed E-state index contributed by atoms with van der Waals surface area (Å²) in [5.41, 5.74) is 3.52. The number of carbonyl (C=O) groups is 1. The lowest BCUT2D eigenvalue weighted by atomic mass is 9.96. The number of para-hydroxylation sites is 1. The van der Waals surface area contributed by atoms with Crippen LogP contribution in [0, 0.1) is 11.7 Å². The van der Waals surface area contributed by atoms with Gasteiger partial charge in [-0.15, -0.1) is 0 Å². The fourth-order valence-electron chi connectivity index (χ4n) is 4.61. The number of likely N-dealkylation sites (tertiary alicyclic amines) is 1. The summed E-state index contributed by atoms with van der Waals surface area (Å²) in [6.07, 6.45) is 2.63. The predicted octanol–water partition coefficient (Wildman–Crippen LogP) is 4.58. The van der Waals surface area contributed by atoms with Crippen molar-refractivity contribution in [3.8, 4) is 0 Å². The Morgan fingerprint density at radius 1 is 1.09 bits per heavy atom. The van der Waals surface area contributed by atoms with Gasteiger partial charge in [0.05, 0.1) is 0 Å². The molecule has 2 aromatic carbocycles. The van der Waals surface area contributed by atoms with Crippen LogP contribution in [0.5, 0.6) is 0 Å². The van der Waals surface area contributed by atoms with Crippen LogP contribution in [0.3, 0.4) is 0 Å². The number of piperidine rings is 1. The molecule has 0 saturated carbocycles. The summed E-state index contributed by atoms with van der Waals surface area (Å²) in [6, 6.07) is 17.4. The summed E-state index contributed by atoms with van der Waals surface area (Å²) in [6.45, 7) is 7.46. The van der Waals surface area contributed by atoms with Crippen molar-refractivity contribution in [1.29, 1.82) is 0 Å². The molecule has 3 aromatic rings. The molecule has 0 aliphatic carbocycles. The highest BCUT2D eigenvalue weighted by molar-refractivity contribution is 5.81.